The molecule has 0 spiro atoms. The van der Waals surface area contributed by atoms with Crippen LogP contribution in [-0.4, -0.2) is 77.9 Å². The molecule has 0 aromatic carbocycles. The summed E-state index contributed by atoms with van der Waals surface area (Å²) in [6, 6.07) is 0. The average Bonchev–Trinajstić information content (AvgIpc) is 3.12. The van der Waals surface area contributed by atoms with E-state index in [1.165, 1.54) is 0 Å². The summed E-state index contributed by atoms with van der Waals surface area (Å²) in [4.78, 5) is 18.0. The van der Waals surface area contributed by atoms with Gasteiger partial charge in [-0.3, -0.25) is 4.99 Å². The molecule has 28 heavy (non-hydrogen) atoms. The van der Waals surface area contributed by atoms with E-state index >= 15 is 0 Å². The highest BCUT2D eigenvalue weighted by Crippen LogP contribution is 2.29. The Labute approximate surface area is 192 Å². The second kappa shape index (κ2) is 10.8. The molecule has 1 saturated heterocycles. The summed E-state index contributed by atoms with van der Waals surface area (Å²) in [6.45, 7) is 6.61. The monoisotopic (exact) mass is 568 g/mol. The maximum Gasteiger partial charge on any atom is 0.232 e. The van der Waals surface area contributed by atoms with Gasteiger partial charge >= 0.3 is 0 Å². The topological polar surface area (TPSA) is 86.1 Å². The molecule has 1 aromatic rings. The molecular weight excluding hydrogens is 539 g/mol. The Morgan fingerprint density at radius 3 is 2.61 bits per heavy atom. The number of rotatable bonds is 5. The first-order valence-electron chi connectivity index (χ1n) is 9.62. The quantitative estimate of drug-likeness (QED) is 0.320. The molecule has 1 aromatic heterocycles. The molecule has 1 aliphatic heterocycles. The van der Waals surface area contributed by atoms with Gasteiger partial charge in [-0.05, 0) is 35.7 Å². The number of methoxy groups -OCH3 is 1. The van der Waals surface area contributed by atoms with Crippen LogP contribution >= 0.6 is 39.9 Å². The number of halogens is 2. The van der Waals surface area contributed by atoms with Crippen molar-refractivity contribution in [2.45, 2.75) is 38.2 Å². The Morgan fingerprint density at radius 1 is 1.32 bits per heavy atom. The van der Waals surface area contributed by atoms with E-state index < -0.39 is 5.60 Å². The molecular formula is C18H30BrIN6O2. The number of aromatic nitrogens is 2. The van der Waals surface area contributed by atoms with Crippen molar-refractivity contribution < 1.29 is 9.84 Å². The van der Waals surface area contributed by atoms with E-state index in [0.29, 0.717) is 18.4 Å². The van der Waals surface area contributed by atoms with E-state index in [1.807, 2.05) is 0 Å². The fourth-order valence-electron chi connectivity index (χ4n) is 3.60. The SMILES string of the molecule is CCNC(=NCC1(O)CCCC1)N1CCN(c2ncc(Br)c(OC)n2)CC1.I. The van der Waals surface area contributed by atoms with Gasteiger partial charge in [0.1, 0.15) is 0 Å². The lowest BCUT2D eigenvalue weighted by Crippen LogP contribution is -2.53. The lowest BCUT2D eigenvalue weighted by molar-refractivity contribution is 0.0571. The number of piperazine rings is 1. The molecule has 3 rings (SSSR count). The maximum absolute atomic E-state index is 10.6. The van der Waals surface area contributed by atoms with E-state index in [4.69, 9.17) is 9.73 Å². The van der Waals surface area contributed by atoms with Crippen LogP contribution in [0.3, 0.4) is 0 Å². The predicted molar refractivity (Wildman–Crippen MR) is 125 cm³/mol. The van der Waals surface area contributed by atoms with E-state index in [1.54, 1.807) is 13.3 Å². The van der Waals surface area contributed by atoms with Gasteiger partial charge in [0.25, 0.3) is 0 Å². The fraction of sp³-hybridized carbons (Fsp3) is 0.722. The Hall–Kier alpha value is -0.880. The zero-order valence-corrected chi connectivity index (χ0v) is 20.4. The molecule has 2 heterocycles. The van der Waals surface area contributed by atoms with Crippen molar-refractivity contribution in [3.05, 3.63) is 10.7 Å². The second-order valence-electron chi connectivity index (χ2n) is 7.10. The predicted octanol–water partition coefficient (Wildman–Crippen LogP) is 2.26. The number of aliphatic hydroxyl groups is 1. The molecule has 1 aliphatic carbocycles. The summed E-state index contributed by atoms with van der Waals surface area (Å²) in [5.74, 6) is 2.10. The van der Waals surface area contributed by atoms with Crippen LogP contribution in [0.2, 0.25) is 0 Å². The van der Waals surface area contributed by atoms with Crippen LogP contribution in [0, 0.1) is 0 Å². The van der Waals surface area contributed by atoms with Crippen LogP contribution in [0.5, 0.6) is 5.88 Å². The third-order valence-electron chi connectivity index (χ3n) is 5.15. The standard InChI is InChI=1S/C18H29BrN6O2.HI/c1-3-20-16(22-13-18(26)6-4-5-7-18)24-8-10-25(11-9-24)17-21-12-14(19)15(23-17)27-2;/h12,26H,3-11,13H2,1-2H3,(H,20,22);1H. The molecule has 158 valence electrons. The van der Waals surface area contributed by atoms with E-state index in [0.717, 1.165) is 68.8 Å². The molecule has 0 amide bonds. The van der Waals surface area contributed by atoms with Crippen LogP contribution in [0.15, 0.2) is 15.7 Å². The lowest BCUT2D eigenvalue weighted by atomic mass is 10.0. The first-order valence-corrected chi connectivity index (χ1v) is 10.4. The van der Waals surface area contributed by atoms with Crippen molar-refractivity contribution in [2.24, 2.45) is 4.99 Å². The van der Waals surface area contributed by atoms with Gasteiger partial charge in [-0.25, -0.2) is 4.98 Å². The van der Waals surface area contributed by atoms with Crippen LogP contribution in [0.1, 0.15) is 32.6 Å². The summed E-state index contributed by atoms with van der Waals surface area (Å²) < 4.78 is 6.02. The molecule has 1 saturated carbocycles. The van der Waals surface area contributed by atoms with Crippen LogP contribution in [0.4, 0.5) is 5.95 Å². The number of nitrogens with zero attached hydrogens (tertiary/aromatic N) is 5. The largest absolute Gasteiger partial charge is 0.480 e. The van der Waals surface area contributed by atoms with E-state index in [-0.39, 0.29) is 24.0 Å². The van der Waals surface area contributed by atoms with Gasteiger partial charge in [-0.1, -0.05) is 12.8 Å². The maximum atomic E-state index is 10.6. The summed E-state index contributed by atoms with van der Waals surface area (Å²) in [6.07, 6.45) is 5.62. The van der Waals surface area contributed by atoms with Gasteiger partial charge < -0.3 is 25.0 Å². The number of aliphatic imine (C=N–C) groups is 1. The van der Waals surface area contributed by atoms with Crippen molar-refractivity contribution >= 4 is 51.8 Å². The lowest BCUT2D eigenvalue weighted by Gasteiger charge is -2.36. The van der Waals surface area contributed by atoms with Gasteiger partial charge in [-0.15, -0.1) is 24.0 Å². The zero-order valence-electron chi connectivity index (χ0n) is 16.5. The Morgan fingerprint density at radius 2 is 2.00 bits per heavy atom. The number of ether oxygens (including phenoxy) is 1. The minimum absolute atomic E-state index is 0. The number of anilines is 1. The van der Waals surface area contributed by atoms with Crippen molar-refractivity contribution in [1.29, 1.82) is 0 Å². The molecule has 0 bridgehead atoms. The third-order valence-corrected chi connectivity index (χ3v) is 5.69. The minimum atomic E-state index is -0.621. The molecule has 8 nitrogen and oxygen atoms in total. The average molecular weight is 569 g/mol. The Balaban J connectivity index is 0.00000280. The van der Waals surface area contributed by atoms with E-state index in [9.17, 15) is 5.11 Å². The fourth-order valence-corrected chi connectivity index (χ4v) is 3.95. The Bertz CT molecular complexity index is 663. The van der Waals surface area contributed by atoms with Crippen LogP contribution < -0.4 is 15.0 Å². The number of guanidine groups is 1. The summed E-state index contributed by atoms with van der Waals surface area (Å²) in [5, 5.41) is 13.9. The van der Waals surface area contributed by atoms with E-state index in [2.05, 4.69) is 47.9 Å². The molecule has 2 N–H and O–H groups in total. The number of nitrogens with one attached hydrogen (secondary N) is 1. The van der Waals surface area contributed by atoms with Crippen LogP contribution in [-0.2, 0) is 0 Å². The molecule has 0 radical (unpaired) electrons. The highest BCUT2D eigenvalue weighted by Gasteiger charge is 2.31. The molecule has 10 heteroatoms. The highest BCUT2D eigenvalue weighted by atomic mass is 127. The van der Waals surface area contributed by atoms with Gasteiger partial charge in [0.2, 0.25) is 11.8 Å². The molecule has 2 fully saturated rings. The first kappa shape index (κ1) is 23.4. The summed E-state index contributed by atoms with van der Waals surface area (Å²) >= 11 is 3.39. The number of hydrogen-bond acceptors (Lipinski definition) is 6. The van der Waals surface area contributed by atoms with Gasteiger partial charge in [0, 0.05) is 32.7 Å². The number of hydrogen-bond donors (Lipinski definition) is 2. The second-order valence-corrected chi connectivity index (χ2v) is 7.96. The third kappa shape index (κ3) is 5.82. The van der Waals surface area contributed by atoms with Crippen LogP contribution in [0.25, 0.3) is 0 Å². The van der Waals surface area contributed by atoms with Crippen molar-refractivity contribution in [3.63, 3.8) is 0 Å². The summed E-state index contributed by atoms with van der Waals surface area (Å²) in [5.41, 5.74) is -0.621. The van der Waals surface area contributed by atoms with Gasteiger partial charge in [-0.2, -0.15) is 4.98 Å². The summed E-state index contributed by atoms with van der Waals surface area (Å²) in [7, 11) is 1.60. The highest BCUT2D eigenvalue weighted by molar-refractivity contribution is 14.0. The Kier molecular flexibility index (Phi) is 9.00. The zero-order chi connectivity index (χ0) is 19.3. The van der Waals surface area contributed by atoms with Crippen molar-refractivity contribution in [2.75, 3.05) is 51.3 Å². The van der Waals surface area contributed by atoms with Gasteiger partial charge in [0.15, 0.2) is 5.96 Å². The van der Waals surface area contributed by atoms with Crippen molar-refractivity contribution in [1.82, 2.24) is 20.2 Å². The van der Waals surface area contributed by atoms with Gasteiger partial charge in [0.05, 0.1) is 29.9 Å². The first-order chi connectivity index (χ1) is 13.0. The van der Waals surface area contributed by atoms with Crippen molar-refractivity contribution in [3.8, 4) is 5.88 Å². The minimum Gasteiger partial charge on any atom is -0.480 e. The molecule has 0 atom stereocenters. The molecule has 0 unspecified atom stereocenters. The normalized spacial score (nSPS) is 19.4. The smallest absolute Gasteiger partial charge is 0.232 e. The molecule has 2 aliphatic rings.